The number of ketones is 2. The number of carbonyl (C=O) groups is 3. The maximum atomic E-state index is 14.5. The van der Waals surface area contributed by atoms with Crippen LogP contribution in [0, 0.1) is 11.8 Å². The number of benzene rings is 1. The number of phenolic OH excluding ortho intramolecular Hbond substituents is 1. The van der Waals surface area contributed by atoms with Crippen LogP contribution in [0.15, 0.2) is 28.7 Å². The number of nitrogens with one attached hydrogen (secondary N) is 1. The molecule has 13 heteroatoms. The van der Waals surface area contributed by atoms with Crippen molar-refractivity contribution in [3.05, 3.63) is 51.0 Å². The summed E-state index contributed by atoms with van der Waals surface area (Å²) in [7, 11) is 2.92. The summed E-state index contributed by atoms with van der Waals surface area (Å²) in [6.07, 6.45) is -5.01. The monoisotopic (exact) mass is 567 g/mol. The number of fused-ring (bicyclic) bond motifs is 3. The Bertz CT molecular complexity index is 1370. The predicted octanol–water partition coefficient (Wildman–Crippen LogP) is 2.03. The van der Waals surface area contributed by atoms with E-state index in [0.717, 1.165) is 6.07 Å². The Morgan fingerprint density at radius 1 is 1.25 bits per heavy atom. The number of hydrogen-bond acceptors (Lipinski definition) is 9. The van der Waals surface area contributed by atoms with Gasteiger partial charge in [0, 0.05) is 24.1 Å². The predicted molar refractivity (Wildman–Crippen MR) is 135 cm³/mol. The van der Waals surface area contributed by atoms with Gasteiger partial charge in [-0.05, 0) is 63.4 Å². The third kappa shape index (κ3) is 4.27. The highest BCUT2D eigenvalue weighted by atomic mass is 19.4. The van der Waals surface area contributed by atoms with Crippen LogP contribution in [-0.2, 0) is 28.7 Å². The summed E-state index contributed by atoms with van der Waals surface area (Å²) in [5.41, 5.74) is -1.53. The van der Waals surface area contributed by atoms with Crippen LogP contribution < -0.4 is 11.1 Å². The number of nitrogens with zero attached hydrogens (tertiary/aromatic N) is 1. The lowest BCUT2D eigenvalue weighted by Gasteiger charge is -2.50. The number of aliphatic hydroxyl groups excluding tert-OH is 2. The molecule has 4 rings (SSSR count). The zero-order valence-corrected chi connectivity index (χ0v) is 22.4. The third-order valence-corrected chi connectivity index (χ3v) is 8.34. The van der Waals surface area contributed by atoms with Crippen molar-refractivity contribution in [1.29, 1.82) is 0 Å². The molecule has 10 nitrogen and oxygen atoms in total. The lowest BCUT2D eigenvalue weighted by molar-refractivity contribution is -0.148. The summed E-state index contributed by atoms with van der Waals surface area (Å²) in [5, 5.41) is 47.3. The van der Waals surface area contributed by atoms with Crippen LogP contribution in [0.3, 0.4) is 0 Å². The molecule has 0 radical (unpaired) electrons. The van der Waals surface area contributed by atoms with Gasteiger partial charge in [0.15, 0.2) is 11.4 Å². The number of rotatable bonds is 6. The van der Waals surface area contributed by atoms with Crippen LogP contribution in [0.2, 0.25) is 0 Å². The van der Waals surface area contributed by atoms with E-state index in [1.807, 2.05) is 6.92 Å². The van der Waals surface area contributed by atoms with Crippen LogP contribution in [0.4, 0.5) is 13.2 Å². The summed E-state index contributed by atoms with van der Waals surface area (Å²) in [4.78, 5) is 40.4. The molecule has 0 aliphatic heterocycles. The maximum absolute atomic E-state index is 14.5. The molecule has 0 bridgehead atoms. The Morgan fingerprint density at radius 3 is 2.40 bits per heavy atom. The Balaban J connectivity index is 1.94. The molecule has 218 valence electrons. The number of likely N-dealkylation sites (N-methyl/N-ethyl adjacent to an activating group) is 1. The van der Waals surface area contributed by atoms with Crippen LogP contribution in [-0.4, -0.2) is 74.6 Å². The topological polar surface area (TPSA) is 173 Å². The van der Waals surface area contributed by atoms with E-state index in [-0.39, 0.29) is 24.6 Å². The minimum absolute atomic E-state index is 0.124. The minimum Gasteiger partial charge on any atom is -0.510 e. The van der Waals surface area contributed by atoms with Crippen molar-refractivity contribution in [2.75, 3.05) is 14.1 Å². The number of hydrogen-bond donors (Lipinski definition) is 6. The number of Topliss-reactive ketones (excluding diaryl/α,β-unsaturated/α-hetero) is 2. The first kappa shape index (κ1) is 29.6. The summed E-state index contributed by atoms with van der Waals surface area (Å²) in [6, 6.07) is -0.513. The van der Waals surface area contributed by atoms with E-state index in [4.69, 9.17) is 5.73 Å². The molecule has 5 atom stereocenters. The second-order valence-corrected chi connectivity index (χ2v) is 10.9. The molecular formula is C27H32F3N3O7. The number of aromatic hydroxyl groups is 1. The molecule has 7 N–H and O–H groups in total. The number of aliphatic hydroxyl groups is 3. The number of carbonyl (C=O) groups excluding carboxylic acids is 3. The standard InChI is InChI=1S/C27H32F3N3O7/c1-5-10(2)32-9-12-8-15(34)17-13(19(12)27(28,29)30)6-11-7-14-20(33(3)4)22(36)18(25(31)39)24(38)26(14,40)23(37)16(11)21(17)35/h8,10-11,14,20,32,34,36-37,40H,5-7,9H2,1-4H3,(H2,31,39)/t10?,11-,14-,20-,26-/m0/s1. The average molecular weight is 568 g/mol. The van der Waals surface area contributed by atoms with Gasteiger partial charge in [0.25, 0.3) is 5.91 Å². The number of allylic oxidation sites excluding steroid dienone is 1. The average Bonchev–Trinajstić information content (AvgIpc) is 2.83. The van der Waals surface area contributed by atoms with Crippen LogP contribution in [0.1, 0.15) is 53.7 Å². The zero-order valence-electron chi connectivity index (χ0n) is 22.4. The van der Waals surface area contributed by atoms with Crippen molar-refractivity contribution < 1.29 is 48.0 Å². The quantitative estimate of drug-likeness (QED) is 0.281. The van der Waals surface area contributed by atoms with Crippen LogP contribution in [0.25, 0.3) is 0 Å². The molecule has 3 aliphatic carbocycles. The lowest BCUT2D eigenvalue weighted by Crippen LogP contribution is -2.63. The SMILES string of the molecule is CCC(C)NCc1cc(O)c2c(c1C(F)(F)F)C[C@H]1C[C@H]3[C@H](N(C)C)C(O)=C(C(N)=O)C(=O)[C@@]3(O)C(O)=C1C2=O. The number of amides is 1. The zero-order chi connectivity index (χ0) is 30.1. The second kappa shape index (κ2) is 9.89. The Kier molecular flexibility index (Phi) is 7.31. The van der Waals surface area contributed by atoms with Crippen LogP contribution >= 0.6 is 0 Å². The molecule has 0 aromatic heterocycles. The maximum Gasteiger partial charge on any atom is 0.417 e. The summed E-state index contributed by atoms with van der Waals surface area (Å²) in [6.45, 7) is 3.41. The van der Waals surface area contributed by atoms with E-state index in [9.17, 15) is 48.0 Å². The first-order chi connectivity index (χ1) is 18.5. The van der Waals surface area contributed by atoms with Crippen molar-refractivity contribution in [3.8, 4) is 5.75 Å². The van der Waals surface area contributed by atoms with Gasteiger partial charge < -0.3 is 31.5 Å². The largest absolute Gasteiger partial charge is 0.510 e. The lowest BCUT2D eigenvalue weighted by atomic mass is 9.58. The number of primary amides is 1. The number of halogens is 3. The highest BCUT2D eigenvalue weighted by molar-refractivity contribution is 6.24. The van der Waals surface area contributed by atoms with Crippen molar-refractivity contribution in [2.45, 2.75) is 63.5 Å². The molecule has 3 aliphatic rings. The van der Waals surface area contributed by atoms with Gasteiger partial charge in [0.1, 0.15) is 22.8 Å². The Morgan fingerprint density at radius 2 is 1.88 bits per heavy atom. The van der Waals surface area contributed by atoms with Gasteiger partial charge in [0.05, 0.1) is 17.2 Å². The van der Waals surface area contributed by atoms with E-state index in [1.54, 1.807) is 6.92 Å². The molecular weight excluding hydrogens is 535 g/mol. The molecule has 1 amide bonds. The molecule has 1 aromatic rings. The summed E-state index contributed by atoms with van der Waals surface area (Å²) < 4.78 is 43.4. The molecule has 0 heterocycles. The molecule has 0 saturated heterocycles. The molecule has 0 spiro atoms. The Hall–Kier alpha value is -3.42. The smallest absolute Gasteiger partial charge is 0.417 e. The number of alkyl halides is 3. The molecule has 1 aromatic carbocycles. The summed E-state index contributed by atoms with van der Waals surface area (Å²) in [5.74, 6) is -9.04. The first-order valence-electron chi connectivity index (χ1n) is 12.8. The van der Waals surface area contributed by atoms with E-state index < -0.39 is 98.7 Å². The van der Waals surface area contributed by atoms with Gasteiger partial charge in [-0.15, -0.1) is 0 Å². The number of nitrogens with two attached hydrogens (primary N) is 1. The molecule has 0 saturated carbocycles. The normalized spacial score (nSPS) is 27.5. The van der Waals surface area contributed by atoms with E-state index in [2.05, 4.69) is 5.32 Å². The molecule has 1 unspecified atom stereocenters. The third-order valence-electron chi connectivity index (χ3n) is 8.34. The fourth-order valence-corrected chi connectivity index (χ4v) is 6.31. The highest BCUT2D eigenvalue weighted by Gasteiger charge is 2.63. The van der Waals surface area contributed by atoms with Gasteiger partial charge in [-0.2, -0.15) is 13.2 Å². The van der Waals surface area contributed by atoms with Crippen molar-refractivity contribution >= 4 is 17.5 Å². The van der Waals surface area contributed by atoms with Crippen molar-refractivity contribution in [1.82, 2.24) is 10.2 Å². The minimum atomic E-state index is -4.90. The van der Waals surface area contributed by atoms with Gasteiger partial charge in [-0.25, -0.2) is 0 Å². The number of phenols is 1. The second-order valence-electron chi connectivity index (χ2n) is 10.9. The van der Waals surface area contributed by atoms with E-state index in [0.29, 0.717) is 6.42 Å². The van der Waals surface area contributed by atoms with Gasteiger partial charge in [-0.1, -0.05) is 6.92 Å². The molecule has 40 heavy (non-hydrogen) atoms. The molecule has 0 fully saturated rings. The van der Waals surface area contributed by atoms with E-state index in [1.165, 1.54) is 19.0 Å². The van der Waals surface area contributed by atoms with Gasteiger partial charge >= 0.3 is 6.18 Å². The van der Waals surface area contributed by atoms with E-state index >= 15 is 0 Å². The van der Waals surface area contributed by atoms with Crippen LogP contribution in [0.5, 0.6) is 5.75 Å². The van der Waals surface area contributed by atoms with Crippen molar-refractivity contribution in [3.63, 3.8) is 0 Å². The first-order valence-corrected chi connectivity index (χ1v) is 12.8. The van der Waals surface area contributed by atoms with Gasteiger partial charge in [0.2, 0.25) is 5.78 Å². The van der Waals surface area contributed by atoms with Crippen molar-refractivity contribution in [2.24, 2.45) is 17.6 Å². The summed E-state index contributed by atoms with van der Waals surface area (Å²) >= 11 is 0. The fraction of sp³-hybridized carbons (Fsp3) is 0.519. The Labute approximate surface area is 228 Å². The fourth-order valence-electron chi connectivity index (χ4n) is 6.31. The highest BCUT2D eigenvalue weighted by Crippen LogP contribution is 2.53. The van der Waals surface area contributed by atoms with Gasteiger partial charge in [-0.3, -0.25) is 19.3 Å².